The highest BCUT2D eigenvalue weighted by Crippen LogP contribution is 2.25. The zero-order valence-electron chi connectivity index (χ0n) is 10.9. The third-order valence-electron chi connectivity index (χ3n) is 2.96. The molecule has 0 spiro atoms. The minimum Gasteiger partial charge on any atom is -0.492 e. The van der Waals surface area contributed by atoms with Crippen molar-refractivity contribution in [1.82, 2.24) is 9.55 Å². The topological polar surface area (TPSA) is 53.1 Å². The second kappa shape index (κ2) is 5.90. The van der Waals surface area contributed by atoms with Crippen LogP contribution in [0.5, 0.6) is 5.75 Å². The molecule has 0 bridgehead atoms. The molecule has 1 aromatic carbocycles. The van der Waals surface area contributed by atoms with Crippen LogP contribution in [0.15, 0.2) is 53.6 Å². The maximum absolute atomic E-state index is 5.48. The molecule has 2 N–H and O–H groups in total. The van der Waals surface area contributed by atoms with Gasteiger partial charge in [-0.25, -0.2) is 4.98 Å². The van der Waals surface area contributed by atoms with Crippen LogP contribution < -0.4 is 10.5 Å². The number of ether oxygens (including phenoxy) is 1. The predicted molar refractivity (Wildman–Crippen MR) is 81.4 cm³/mol. The third kappa shape index (κ3) is 2.59. The minimum absolute atomic E-state index is 0.519. The molecule has 5 heteroatoms. The van der Waals surface area contributed by atoms with Crippen molar-refractivity contribution in [2.24, 2.45) is 5.73 Å². The van der Waals surface area contributed by atoms with E-state index in [1.165, 1.54) is 5.56 Å². The van der Waals surface area contributed by atoms with Crippen molar-refractivity contribution >= 4 is 11.3 Å². The quantitative estimate of drug-likeness (QED) is 0.784. The van der Waals surface area contributed by atoms with Crippen LogP contribution in [-0.2, 0) is 0 Å². The molecule has 102 valence electrons. The summed E-state index contributed by atoms with van der Waals surface area (Å²) in [5.74, 6) is 0.830. The number of benzene rings is 1. The summed E-state index contributed by atoms with van der Waals surface area (Å²) in [4.78, 5) is 4.25. The van der Waals surface area contributed by atoms with Gasteiger partial charge in [-0.1, -0.05) is 0 Å². The molecule has 4 nitrogen and oxygen atoms in total. The van der Waals surface area contributed by atoms with Gasteiger partial charge in [-0.3, -0.25) is 4.57 Å². The van der Waals surface area contributed by atoms with Crippen molar-refractivity contribution in [2.45, 2.75) is 0 Å². The lowest BCUT2D eigenvalue weighted by Crippen LogP contribution is -2.10. The van der Waals surface area contributed by atoms with Crippen LogP contribution in [0.4, 0.5) is 0 Å². The van der Waals surface area contributed by atoms with Crippen LogP contribution in [0.3, 0.4) is 0 Å². The summed E-state index contributed by atoms with van der Waals surface area (Å²) in [6.45, 7) is 1.05. The van der Waals surface area contributed by atoms with Crippen molar-refractivity contribution < 1.29 is 4.74 Å². The standard InChI is InChI=1S/C15H15N3OS/c16-6-7-19-14-3-1-13(2-4-14)18-11-17-9-15(18)12-5-8-20-10-12/h1-5,8-11H,6-7,16H2. The molecule has 3 aromatic rings. The van der Waals surface area contributed by atoms with Gasteiger partial charge in [0.25, 0.3) is 0 Å². The molecule has 0 fully saturated rings. The van der Waals surface area contributed by atoms with E-state index in [0.717, 1.165) is 17.1 Å². The first-order valence-corrected chi connectivity index (χ1v) is 7.31. The summed E-state index contributed by atoms with van der Waals surface area (Å²) >= 11 is 1.68. The first-order valence-electron chi connectivity index (χ1n) is 6.36. The summed E-state index contributed by atoms with van der Waals surface area (Å²) in [7, 11) is 0. The maximum atomic E-state index is 5.48. The summed E-state index contributed by atoms with van der Waals surface area (Å²) in [6.07, 6.45) is 3.70. The van der Waals surface area contributed by atoms with Crippen molar-refractivity contribution in [3.63, 3.8) is 0 Å². The molecule has 0 atom stereocenters. The average molecular weight is 285 g/mol. The van der Waals surface area contributed by atoms with E-state index >= 15 is 0 Å². The van der Waals surface area contributed by atoms with Gasteiger partial charge in [0, 0.05) is 23.2 Å². The molecule has 0 aliphatic carbocycles. The Morgan fingerprint density at radius 1 is 1.20 bits per heavy atom. The molecule has 0 saturated heterocycles. The lowest BCUT2D eigenvalue weighted by Gasteiger charge is -2.09. The normalized spacial score (nSPS) is 10.7. The zero-order valence-corrected chi connectivity index (χ0v) is 11.7. The summed E-state index contributed by atoms with van der Waals surface area (Å²) in [5, 5.41) is 4.18. The Bertz CT molecular complexity index is 659. The molecular weight excluding hydrogens is 270 g/mol. The molecular formula is C15H15N3OS. The molecule has 0 saturated carbocycles. The monoisotopic (exact) mass is 285 g/mol. The first-order chi connectivity index (χ1) is 9.88. The van der Waals surface area contributed by atoms with Crippen LogP contribution in [0.2, 0.25) is 0 Å². The largest absolute Gasteiger partial charge is 0.492 e. The molecule has 2 heterocycles. The van der Waals surface area contributed by atoms with E-state index in [0.29, 0.717) is 13.2 Å². The second-order valence-corrected chi connectivity index (χ2v) is 5.07. The van der Waals surface area contributed by atoms with Gasteiger partial charge < -0.3 is 10.5 Å². The molecule has 0 amide bonds. The molecule has 2 aromatic heterocycles. The highest BCUT2D eigenvalue weighted by Gasteiger charge is 2.07. The van der Waals surface area contributed by atoms with E-state index in [4.69, 9.17) is 10.5 Å². The van der Waals surface area contributed by atoms with Crippen LogP contribution in [0.1, 0.15) is 0 Å². The lowest BCUT2D eigenvalue weighted by molar-refractivity contribution is 0.328. The van der Waals surface area contributed by atoms with Crippen LogP contribution in [0, 0.1) is 0 Å². The summed E-state index contributed by atoms with van der Waals surface area (Å²) in [6, 6.07) is 10.0. The molecule has 3 rings (SSSR count). The predicted octanol–water partition coefficient (Wildman–Crippen LogP) is 2.94. The van der Waals surface area contributed by atoms with Gasteiger partial charge >= 0.3 is 0 Å². The molecule has 0 unspecified atom stereocenters. The number of aromatic nitrogens is 2. The van der Waals surface area contributed by atoms with Gasteiger partial charge in [0.15, 0.2) is 0 Å². The van der Waals surface area contributed by atoms with E-state index in [1.54, 1.807) is 11.3 Å². The van der Waals surface area contributed by atoms with Crippen molar-refractivity contribution in [3.8, 4) is 22.7 Å². The van der Waals surface area contributed by atoms with Gasteiger partial charge in [0.05, 0.1) is 18.2 Å². The Morgan fingerprint density at radius 3 is 2.75 bits per heavy atom. The average Bonchev–Trinajstić information content (AvgIpc) is 3.15. The van der Waals surface area contributed by atoms with Gasteiger partial charge in [0.1, 0.15) is 12.4 Å². The minimum atomic E-state index is 0.519. The molecule has 0 radical (unpaired) electrons. The van der Waals surface area contributed by atoms with Gasteiger partial charge in [-0.15, -0.1) is 0 Å². The number of thiophene rings is 1. The molecule has 0 aliphatic rings. The first kappa shape index (κ1) is 12.9. The Labute approximate surface area is 121 Å². The van der Waals surface area contributed by atoms with Crippen LogP contribution in [-0.4, -0.2) is 22.7 Å². The second-order valence-electron chi connectivity index (χ2n) is 4.29. The van der Waals surface area contributed by atoms with Crippen LogP contribution >= 0.6 is 11.3 Å². The van der Waals surface area contributed by atoms with Gasteiger partial charge in [-0.2, -0.15) is 11.3 Å². The Balaban J connectivity index is 1.88. The Hall–Kier alpha value is -2.11. The number of nitrogens with zero attached hydrogens (tertiary/aromatic N) is 2. The third-order valence-corrected chi connectivity index (χ3v) is 3.64. The number of nitrogens with two attached hydrogens (primary N) is 1. The lowest BCUT2D eigenvalue weighted by atomic mass is 10.2. The van der Waals surface area contributed by atoms with Gasteiger partial charge in [-0.05, 0) is 35.7 Å². The van der Waals surface area contributed by atoms with E-state index in [2.05, 4.69) is 26.4 Å². The summed E-state index contributed by atoms with van der Waals surface area (Å²) < 4.78 is 7.55. The Morgan fingerprint density at radius 2 is 2.05 bits per heavy atom. The highest BCUT2D eigenvalue weighted by molar-refractivity contribution is 7.08. The summed E-state index contributed by atoms with van der Waals surface area (Å²) in [5.41, 5.74) is 8.74. The van der Waals surface area contributed by atoms with Crippen molar-refractivity contribution in [3.05, 3.63) is 53.6 Å². The van der Waals surface area contributed by atoms with E-state index in [9.17, 15) is 0 Å². The van der Waals surface area contributed by atoms with E-state index in [1.807, 2.05) is 36.8 Å². The number of rotatable bonds is 5. The molecule has 20 heavy (non-hydrogen) atoms. The molecule has 0 aliphatic heterocycles. The van der Waals surface area contributed by atoms with Gasteiger partial charge in [0.2, 0.25) is 0 Å². The fourth-order valence-corrected chi connectivity index (χ4v) is 2.65. The highest BCUT2D eigenvalue weighted by atomic mass is 32.1. The smallest absolute Gasteiger partial charge is 0.119 e. The SMILES string of the molecule is NCCOc1ccc(-n2cncc2-c2ccsc2)cc1. The number of imidazole rings is 1. The number of hydrogen-bond donors (Lipinski definition) is 1. The maximum Gasteiger partial charge on any atom is 0.119 e. The fourth-order valence-electron chi connectivity index (χ4n) is 2.00. The van der Waals surface area contributed by atoms with Crippen molar-refractivity contribution in [1.29, 1.82) is 0 Å². The fraction of sp³-hybridized carbons (Fsp3) is 0.133. The van der Waals surface area contributed by atoms with Crippen molar-refractivity contribution in [2.75, 3.05) is 13.2 Å². The zero-order chi connectivity index (χ0) is 13.8. The van der Waals surface area contributed by atoms with E-state index < -0.39 is 0 Å². The number of hydrogen-bond acceptors (Lipinski definition) is 4. The van der Waals surface area contributed by atoms with Crippen LogP contribution in [0.25, 0.3) is 16.9 Å². The van der Waals surface area contributed by atoms with E-state index in [-0.39, 0.29) is 0 Å². The Kier molecular flexibility index (Phi) is 3.80.